The molecule has 3 rings (SSSR count). The third-order valence-corrected chi connectivity index (χ3v) is 3.43. The van der Waals surface area contributed by atoms with Crippen LogP contribution in [0, 0.1) is 11.7 Å². The molecule has 2 heterocycles. The fourth-order valence-corrected chi connectivity index (χ4v) is 2.33. The highest BCUT2D eigenvalue weighted by atomic mass is 19.1. The number of halogens is 1. The van der Waals surface area contributed by atoms with Crippen molar-refractivity contribution in [2.45, 2.75) is 6.42 Å². The molecule has 1 fully saturated rings. The first kappa shape index (κ1) is 14.1. The van der Waals surface area contributed by atoms with E-state index in [1.54, 1.807) is 6.07 Å². The summed E-state index contributed by atoms with van der Waals surface area (Å²) < 4.78 is 12.9. The highest BCUT2D eigenvalue weighted by molar-refractivity contribution is 6.03. The van der Waals surface area contributed by atoms with E-state index < -0.39 is 5.92 Å². The van der Waals surface area contributed by atoms with Gasteiger partial charge in [-0.1, -0.05) is 0 Å². The molecule has 1 aliphatic heterocycles. The van der Waals surface area contributed by atoms with Gasteiger partial charge in [0.1, 0.15) is 5.82 Å². The summed E-state index contributed by atoms with van der Waals surface area (Å²) in [5, 5.41) is 2.59. The van der Waals surface area contributed by atoms with Crippen molar-refractivity contribution in [1.29, 1.82) is 0 Å². The lowest BCUT2D eigenvalue weighted by Crippen LogP contribution is -2.28. The van der Waals surface area contributed by atoms with E-state index in [0.29, 0.717) is 5.69 Å². The molecule has 1 atom stereocenters. The number of hydrogen-bond donors (Lipinski definition) is 1. The van der Waals surface area contributed by atoms with Gasteiger partial charge in [-0.15, -0.1) is 0 Å². The first-order valence-electron chi connectivity index (χ1n) is 6.77. The average Bonchev–Trinajstić information content (AvgIpc) is 2.91. The molecular weight excluding hydrogens is 287 g/mol. The van der Waals surface area contributed by atoms with Crippen molar-refractivity contribution in [3.8, 4) is 0 Å². The minimum absolute atomic E-state index is 0.107. The van der Waals surface area contributed by atoms with Gasteiger partial charge in [0.15, 0.2) is 0 Å². The molecule has 0 unspecified atom stereocenters. The molecule has 0 radical (unpaired) electrons. The van der Waals surface area contributed by atoms with Gasteiger partial charge < -0.3 is 4.90 Å². The fourth-order valence-electron chi connectivity index (χ4n) is 2.33. The second-order valence-corrected chi connectivity index (χ2v) is 4.94. The Morgan fingerprint density at radius 2 is 1.91 bits per heavy atom. The Balaban J connectivity index is 1.69. The molecule has 1 N–H and O–H groups in total. The molecule has 7 heteroatoms. The van der Waals surface area contributed by atoms with Crippen molar-refractivity contribution >= 4 is 23.5 Å². The van der Waals surface area contributed by atoms with Gasteiger partial charge in [0.2, 0.25) is 17.8 Å². The molecule has 0 spiro atoms. The van der Waals surface area contributed by atoms with E-state index in [1.165, 1.54) is 41.6 Å². The van der Waals surface area contributed by atoms with Gasteiger partial charge >= 0.3 is 0 Å². The van der Waals surface area contributed by atoms with Crippen molar-refractivity contribution in [2.24, 2.45) is 5.92 Å². The molecule has 0 saturated carbocycles. The Morgan fingerprint density at radius 1 is 1.23 bits per heavy atom. The molecule has 2 aromatic rings. The molecule has 1 aromatic carbocycles. The quantitative estimate of drug-likeness (QED) is 0.934. The Labute approximate surface area is 126 Å². The molecule has 6 nitrogen and oxygen atoms in total. The van der Waals surface area contributed by atoms with Gasteiger partial charge in [0.05, 0.1) is 5.92 Å². The van der Waals surface area contributed by atoms with E-state index in [-0.39, 0.29) is 36.5 Å². The third kappa shape index (κ3) is 2.93. The van der Waals surface area contributed by atoms with Gasteiger partial charge in [-0.05, 0) is 30.3 Å². The SMILES string of the molecule is O=C(Nc1ncccn1)[C@@H]1CC(=O)N(c2ccc(F)cc2)C1. The van der Waals surface area contributed by atoms with Crippen LogP contribution < -0.4 is 10.2 Å². The Hall–Kier alpha value is -2.83. The summed E-state index contributed by atoms with van der Waals surface area (Å²) in [5.41, 5.74) is 0.581. The van der Waals surface area contributed by atoms with Gasteiger partial charge in [-0.25, -0.2) is 14.4 Å². The zero-order valence-corrected chi connectivity index (χ0v) is 11.6. The Morgan fingerprint density at radius 3 is 2.59 bits per heavy atom. The van der Waals surface area contributed by atoms with E-state index >= 15 is 0 Å². The largest absolute Gasteiger partial charge is 0.312 e. The molecule has 0 aliphatic carbocycles. The summed E-state index contributed by atoms with van der Waals surface area (Å²) in [5.74, 6) is -1.11. The van der Waals surface area contributed by atoms with Crippen LogP contribution in [-0.4, -0.2) is 28.3 Å². The van der Waals surface area contributed by atoms with Crippen molar-refractivity contribution in [1.82, 2.24) is 9.97 Å². The van der Waals surface area contributed by atoms with Gasteiger partial charge in [-0.3, -0.25) is 14.9 Å². The smallest absolute Gasteiger partial charge is 0.232 e. The molecule has 22 heavy (non-hydrogen) atoms. The zero-order chi connectivity index (χ0) is 15.5. The van der Waals surface area contributed by atoms with Crippen LogP contribution >= 0.6 is 0 Å². The van der Waals surface area contributed by atoms with Gasteiger partial charge in [0, 0.05) is 31.0 Å². The first-order chi connectivity index (χ1) is 10.6. The highest BCUT2D eigenvalue weighted by Crippen LogP contribution is 2.25. The van der Waals surface area contributed by atoms with Crippen LogP contribution in [0.5, 0.6) is 0 Å². The first-order valence-corrected chi connectivity index (χ1v) is 6.77. The topological polar surface area (TPSA) is 75.2 Å². The number of carbonyl (C=O) groups is 2. The van der Waals surface area contributed by atoms with Gasteiger partial charge in [0.25, 0.3) is 0 Å². The number of aromatic nitrogens is 2. The van der Waals surface area contributed by atoms with Crippen molar-refractivity contribution < 1.29 is 14.0 Å². The normalized spacial score (nSPS) is 17.6. The second-order valence-electron chi connectivity index (χ2n) is 4.94. The average molecular weight is 300 g/mol. The number of nitrogens with zero attached hydrogens (tertiary/aromatic N) is 3. The number of rotatable bonds is 3. The lowest BCUT2D eigenvalue weighted by Gasteiger charge is -2.16. The van der Waals surface area contributed by atoms with E-state index in [1.807, 2.05) is 0 Å². The number of nitrogens with one attached hydrogen (secondary N) is 1. The lowest BCUT2D eigenvalue weighted by molar-refractivity contribution is -0.122. The van der Waals surface area contributed by atoms with Gasteiger partial charge in [-0.2, -0.15) is 0 Å². The van der Waals surface area contributed by atoms with Crippen LogP contribution in [0.4, 0.5) is 16.0 Å². The zero-order valence-electron chi connectivity index (χ0n) is 11.6. The highest BCUT2D eigenvalue weighted by Gasteiger charge is 2.35. The molecule has 0 bridgehead atoms. The minimum Gasteiger partial charge on any atom is -0.312 e. The molecule has 1 aromatic heterocycles. The van der Waals surface area contributed by atoms with E-state index in [4.69, 9.17) is 0 Å². The summed E-state index contributed by atoms with van der Waals surface area (Å²) in [6.07, 6.45) is 3.15. The van der Waals surface area contributed by atoms with Crippen LogP contribution in [-0.2, 0) is 9.59 Å². The molecule has 112 valence electrons. The van der Waals surface area contributed by atoms with E-state index in [9.17, 15) is 14.0 Å². The fraction of sp³-hybridized carbons (Fsp3) is 0.200. The predicted molar refractivity (Wildman–Crippen MR) is 77.5 cm³/mol. The minimum atomic E-state index is -0.485. The summed E-state index contributed by atoms with van der Waals surface area (Å²) >= 11 is 0. The van der Waals surface area contributed by atoms with Crippen LogP contribution in [0.15, 0.2) is 42.7 Å². The van der Waals surface area contributed by atoms with Crippen LogP contribution in [0.1, 0.15) is 6.42 Å². The van der Waals surface area contributed by atoms with Crippen molar-refractivity contribution in [3.05, 3.63) is 48.5 Å². The predicted octanol–water partition coefficient (Wildman–Crippen LogP) is 1.61. The number of carbonyl (C=O) groups excluding carboxylic acids is 2. The maximum absolute atomic E-state index is 12.9. The van der Waals surface area contributed by atoms with Crippen LogP contribution in [0.2, 0.25) is 0 Å². The third-order valence-electron chi connectivity index (χ3n) is 3.43. The number of anilines is 2. The summed E-state index contributed by atoms with van der Waals surface area (Å²) in [7, 11) is 0. The van der Waals surface area contributed by atoms with E-state index in [0.717, 1.165) is 0 Å². The lowest BCUT2D eigenvalue weighted by atomic mass is 10.1. The maximum Gasteiger partial charge on any atom is 0.232 e. The maximum atomic E-state index is 12.9. The van der Waals surface area contributed by atoms with Crippen LogP contribution in [0.25, 0.3) is 0 Å². The summed E-state index contributed by atoms with van der Waals surface area (Å²) in [4.78, 5) is 33.5. The Bertz CT molecular complexity index is 690. The van der Waals surface area contributed by atoms with E-state index in [2.05, 4.69) is 15.3 Å². The van der Waals surface area contributed by atoms with Crippen molar-refractivity contribution in [3.63, 3.8) is 0 Å². The molecular formula is C15H13FN4O2. The molecule has 1 saturated heterocycles. The number of hydrogen-bond acceptors (Lipinski definition) is 4. The number of benzene rings is 1. The van der Waals surface area contributed by atoms with Crippen molar-refractivity contribution in [2.75, 3.05) is 16.8 Å². The molecule has 1 aliphatic rings. The summed E-state index contributed by atoms with van der Waals surface area (Å²) in [6, 6.07) is 7.26. The van der Waals surface area contributed by atoms with Crippen LogP contribution in [0.3, 0.4) is 0 Å². The summed E-state index contributed by atoms with van der Waals surface area (Å²) in [6.45, 7) is 0.253. The standard InChI is InChI=1S/C15H13FN4O2/c16-11-2-4-12(5-3-11)20-9-10(8-13(20)21)14(22)19-15-17-6-1-7-18-15/h1-7,10H,8-9H2,(H,17,18,19,22)/t10-/m1/s1. The monoisotopic (exact) mass is 300 g/mol. The molecule has 2 amide bonds. The number of amides is 2. The Kier molecular flexibility index (Phi) is 3.78. The second kappa shape index (κ2) is 5.88.